The molecule has 0 aromatic heterocycles. The molecule has 0 saturated carbocycles. The zero-order valence-electron chi connectivity index (χ0n) is 54.2. The third-order valence-corrected chi connectivity index (χ3v) is 14.6. The van der Waals surface area contributed by atoms with Crippen molar-refractivity contribution in [3.63, 3.8) is 0 Å². The third-order valence-electron chi connectivity index (χ3n) is 14.6. The van der Waals surface area contributed by atoms with Crippen LogP contribution in [0.15, 0.2) is 134 Å². The fraction of sp³-hybridized carbons (Fsp3) is 0.675. The van der Waals surface area contributed by atoms with E-state index in [-0.39, 0.29) is 31.1 Å². The lowest BCUT2D eigenvalue weighted by Crippen LogP contribution is -2.30. The highest BCUT2D eigenvalue weighted by atomic mass is 16.6. The minimum absolute atomic E-state index is 0.0916. The highest BCUT2D eigenvalue weighted by Gasteiger charge is 2.19. The number of carbonyl (C=O) groups is 3. The number of esters is 3. The molecule has 0 radical (unpaired) electrons. The molecule has 0 heterocycles. The highest BCUT2D eigenvalue weighted by Crippen LogP contribution is 2.17. The molecular formula is C77H128O6. The standard InChI is InChI=1S/C77H128O6/c1-4-7-10-13-16-19-22-25-27-29-30-31-32-33-34-35-36-37-38-39-40-41-42-43-44-45-46-48-49-52-55-58-61-64-67-70-76(79)82-73-74(72-81-75(78)69-66-63-60-57-54-51-24-21-18-15-12-9-6-3)83-77(80)71-68-65-62-59-56-53-50-47-28-26-23-20-17-14-11-8-5-2/h7-12,16-21,25-28,30-31,33-34,51,54,74H,4-6,13-15,22-24,29,32,35-50,52-53,55-73H2,1-3H3/b10-7-,11-8-,12-9-,19-16-,20-17-,21-18-,27-25-,28-26-,31-30-,34-33-,54-51-. The van der Waals surface area contributed by atoms with Crippen molar-refractivity contribution in [2.24, 2.45) is 0 Å². The first-order chi connectivity index (χ1) is 41.0. The quantitative estimate of drug-likeness (QED) is 0.0261. The van der Waals surface area contributed by atoms with E-state index in [2.05, 4.69) is 154 Å². The summed E-state index contributed by atoms with van der Waals surface area (Å²) in [7, 11) is 0. The molecule has 0 saturated heterocycles. The van der Waals surface area contributed by atoms with Gasteiger partial charge in [-0.2, -0.15) is 0 Å². The number of carbonyl (C=O) groups excluding carboxylic acids is 3. The molecule has 1 unspecified atom stereocenters. The van der Waals surface area contributed by atoms with Crippen molar-refractivity contribution in [1.82, 2.24) is 0 Å². The van der Waals surface area contributed by atoms with Gasteiger partial charge in [-0.15, -0.1) is 0 Å². The molecule has 0 aliphatic carbocycles. The summed E-state index contributed by atoms with van der Waals surface area (Å²) in [5.74, 6) is -0.924. The van der Waals surface area contributed by atoms with Crippen LogP contribution in [0.3, 0.4) is 0 Å². The average Bonchev–Trinajstić information content (AvgIpc) is 3.49. The van der Waals surface area contributed by atoms with Gasteiger partial charge in [0.1, 0.15) is 13.2 Å². The number of hydrogen-bond donors (Lipinski definition) is 0. The highest BCUT2D eigenvalue weighted by molar-refractivity contribution is 5.71. The van der Waals surface area contributed by atoms with Gasteiger partial charge in [-0.25, -0.2) is 0 Å². The Labute approximate surface area is 513 Å². The van der Waals surface area contributed by atoms with Crippen molar-refractivity contribution in [3.8, 4) is 0 Å². The summed E-state index contributed by atoms with van der Waals surface area (Å²) >= 11 is 0. The SMILES string of the molecule is CC/C=C\C/C=C\C/C=C\C/C=C\C/C=C\CCCCCCCCCCCCCCCCCCCCCC(=O)OCC(COC(=O)CCCCC/C=C\C/C=C\C/C=C\CC)OC(=O)CCCCCCCCC/C=C\C/C=C\C/C=C\CC. The third kappa shape index (κ3) is 68.2. The average molecular weight is 1150 g/mol. The molecule has 0 aliphatic heterocycles. The number of ether oxygens (including phenoxy) is 3. The summed E-state index contributed by atoms with van der Waals surface area (Å²) in [5, 5.41) is 0. The number of rotatable bonds is 62. The van der Waals surface area contributed by atoms with Gasteiger partial charge in [-0.3, -0.25) is 14.4 Å². The Kier molecular flexibility index (Phi) is 66.3. The summed E-state index contributed by atoms with van der Waals surface area (Å²) in [4.78, 5) is 38.3. The van der Waals surface area contributed by atoms with Crippen LogP contribution < -0.4 is 0 Å². The first-order valence-corrected chi connectivity index (χ1v) is 34.7. The van der Waals surface area contributed by atoms with E-state index in [4.69, 9.17) is 14.2 Å². The van der Waals surface area contributed by atoms with Crippen LogP contribution in [0, 0.1) is 0 Å². The first-order valence-electron chi connectivity index (χ1n) is 34.7. The summed E-state index contributed by atoms with van der Waals surface area (Å²) < 4.78 is 16.9. The van der Waals surface area contributed by atoms with E-state index < -0.39 is 6.10 Å². The van der Waals surface area contributed by atoms with Gasteiger partial charge >= 0.3 is 17.9 Å². The van der Waals surface area contributed by atoms with Gasteiger partial charge in [0, 0.05) is 19.3 Å². The summed E-state index contributed by atoms with van der Waals surface area (Å²) in [6.45, 7) is 6.29. The van der Waals surface area contributed by atoms with Crippen molar-refractivity contribution in [2.45, 2.75) is 322 Å². The van der Waals surface area contributed by atoms with E-state index in [1.807, 2.05) is 0 Å². The van der Waals surface area contributed by atoms with Crippen molar-refractivity contribution in [3.05, 3.63) is 134 Å². The van der Waals surface area contributed by atoms with Crippen molar-refractivity contribution >= 4 is 17.9 Å². The molecule has 6 heteroatoms. The molecule has 1 atom stereocenters. The largest absolute Gasteiger partial charge is 0.462 e. The molecule has 0 amide bonds. The van der Waals surface area contributed by atoms with Crippen LogP contribution in [-0.4, -0.2) is 37.2 Å². The summed E-state index contributed by atoms with van der Waals surface area (Å²) in [5.41, 5.74) is 0. The molecule has 0 aliphatic rings. The van der Waals surface area contributed by atoms with Gasteiger partial charge in [0.05, 0.1) is 0 Å². The maximum Gasteiger partial charge on any atom is 0.306 e. The zero-order chi connectivity index (χ0) is 59.9. The van der Waals surface area contributed by atoms with Crippen molar-refractivity contribution < 1.29 is 28.6 Å². The minimum atomic E-state index is -0.798. The van der Waals surface area contributed by atoms with E-state index in [9.17, 15) is 14.4 Å². The van der Waals surface area contributed by atoms with Crippen LogP contribution in [0.25, 0.3) is 0 Å². The van der Waals surface area contributed by atoms with Crippen LogP contribution in [0.5, 0.6) is 0 Å². The van der Waals surface area contributed by atoms with Crippen LogP contribution in [0.2, 0.25) is 0 Å². The lowest BCUT2D eigenvalue weighted by Gasteiger charge is -2.18. The van der Waals surface area contributed by atoms with E-state index in [1.165, 1.54) is 135 Å². The molecule has 0 spiro atoms. The predicted octanol–water partition coefficient (Wildman–Crippen LogP) is 24.1. The van der Waals surface area contributed by atoms with Crippen LogP contribution >= 0.6 is 0 Å². The van der Waals surface area contributed by atoms with Crippen LogP contribution in [0.4, 0.5) is 0 Å². The normalized spacial score (nSPS) is 13.0. The maximum atomic E-state index is 12.9. The zero-order valence-corrected chi connectivity index (χ0v) is 54.2. The fourth-order valence-corrected chi connectivity index (χ4v) is 9.56. The van der Waals surface area contributed by atoms with Crippen LogP contribution in [0.1, 0.15) is 316 Å². The molecule has 83 heavy (non-hydrogen) atoms. The Bertz CT molecular complexity index is 1750. The molecule has 0 fully saturated rings. The Morgan fingerprint density at radius 3 is 0.687 bits per heavy atom. The predicted molar refractivity (Wildman–Crippen MR) is 362 cm³/mol. The molecule has 0 aromatic carbocycles. The number of unbranched alkanes of at least 4 members (excludes halogenated alkanes) is 29. The second-order valence-electron chi connectivity index (χ2n) is 22.6. The van der Waals surface area contributed by atoms with Crippen LogP contribution in [-0.2, 0) is 28.6 Å². The molecule has 0 bridgehead atoms. The van der Waals surface area contributed by atoms with Crippen molar-refractivity contribution in [1.29, 1.82) is 0 Å². The van der Waals surface area contributed by atoms with Gasteiger partial charge in [-0.05, 0) is 128 Å². The molecular weight excluding hydrogens is 1020 g/mol. The van der Waals surface area contributed by atoms with E-state index >= 15 is 0 Å². The minimum Gasteiger partial charge on any atom is -0.462 e. The molecule has 0 N–H and O–H groups in total. The molecule has 0 rings (SSSR count). The van der Waals surface area contributed by atoms with Gasteiger partial charge < -0.3 is 14.2 Å². The lowest BCUT2D eigenvalue weighted by molar-refractivity contribution is -0.167. The monoisotopic (exact) mass is 1150 g/mol. The van der Waals surface area contributed by atoms with E-state index in [0.29, 0.717) is 19.3 Å². The summed E-state index contributed by atoms with van der Waals surface area (Å²) in [6.07, 6.45) is 99.2. The molecule has 472 valence electrons. The van der Waals surface area contributed by atoms with E-state index in [1.54, 1.807) is 0 Å². The van der Waals surface area contributed by atoms with E-state index in [0.717, 1.165) is 141 Å². The first kappa shape index (κ1) is 78.5. The fourth-order valence-electron chi connectivity index (χ4n) is 9.56. The molecule has 6 nitrogen and oxygen atoms in total. The molecule has 0 aromatic rings. The second kappa shape index (κ2) is 70.0. The number of allylic oxidation sites excluding steroid dienone is 22. The topological polar surface area (TPSA) is 78.9 Å². The Morgan fingerprint density at radius 2 is 0.434 bits per heavy atom. The van der Waals surface area contributed by atoms with Gasteiger partial charge in [0.2, 0.25) is 0 Å². The smallest absolute Gasteiger partial charge is 0.306 e. The van der Waals surface area contributed by atoms with Gasteiger partial charge in [0.15, 0.2) is 6.10 Å². The second-order valence-corrected chi connectivity index (χ2v) is 22.6. The summed E-state index contributed by atoms with van der Waals surface area (Å²) in [6, 6.07) is 0. The lowest BCUT2D eigenvalue weighted by atomic mass is 10.0. The van der Waals surface area contributed by atoms with Gasteiger partial charge in [0.25, 0.3) is 0 Å². The number of hydrogen-bond acceptors (Lipinski definition) is 6. The van der Waals surface area contributed by atoms with Gasteiger partial charge in [-0.1, -0.05) is 302 Å². The Morgan fingerprint density at radius 1 is 0.241 bits per heavy atom. The maximum absolute atomic E-state index is 12.9. The Hall–Kier alpha value is -4.45. The Balaban J connectivity index is 4.17. The van der Waals surface area contributed by atoms with Crippen molar-refractivity contribution in [2.75, 3.05) is 13.2 Å².